The van der Waals surface area contributed by atoms with Crippen LogP contribution in [-0.2, 0) is 19.3 Å². The maximum absolute atomic E-state index is 13.0. The van der Waals surface area contributed by atoms with Crippen LogP contribution in [0.1, 0.15) is 27.3 Å². The second-order valence-electron chi connectivity index (χ2n) is 7.11. The molecule has 0 bridgehead atoms. The Hall–Kier alpha value is -3.72. The zero-order chi connectivity index (χ0) is 23.4. The standard InChI is InChI=1S/C23H17ClF3N5O/c24-19-11-15(8-9-28-19)22(33)30-13-20-31-18-7-2-1-6-17(18)21(32-20)29-12-14-4-3-5-16(10-14)23(25,26)27/h1-11H,12-13H2,(H,30,33)(H,29,31,32). The second kappa shape index (κ2) is 9.41. The number of pyridine rings is 1. The molecule has 6 nitrogen and oxygen atoms in total. The monoisotopic (exact) mass is 471 g/mol. The molecule has 0 saturated heterocycles. The number of fused-ring (bicyclic) bond motifs is 1. The number of para-hydroxylation sites is 1. The SMILES string of the molecule is O=C(NCc1nc(NCc2cccc(C(F)(F)F)c2)c2ccccc2n1)c1ccnc(Cl)c1. The summed E-state index contributed by atoms with van der Waals surface area (Å²) in [5.41, 5.74) is 0.722. The zero-order valence-electron chi connectivity index (χ0n) is 17.0. The first-order valence-electron chi connectivity index (χ1n) is 9.85. The Balaban J connectivity index is 1.54. The van der Waals surface area contributed by atoms with E-state index in [1.165, 1.54) is 24.4 Å². The predicted octanol–water partition coefficient (Wildman–Crippen LogP) is 5.24. The lowest BCUT2D eigenvalue weighted by Gasteiger charge is -2.13. The summed E-state index contributed by atoms with van der Waals surface area (Å²) >= 11 is 5.83. The van der Waals surface area contributed by atoms with Crippen molar-refractivity contribution in [3.63, 3.8) is 0 Å². The highest BCUT2D eigenvalue weighted by atomic mass is 35.5. The van der Waals surface area contributed by atoms with E-state index in [1.54, 1.807) is 12.1 Å². The molecule has 0 aliphatic heterocycles. The molecule has 1 amide bonds. The predicted molar refractivity (Wildman–Crippen MR) is 119 cm³/mol. The lowest BCUT2D eigenvalue weighted by molar-refractivity contribution is -0.137. The minimum Gasteiger partial charge on any atom is -0.365 e. The smallest absolute Gasteiger partial charge is 0.365 e. The van der Waals surface area contributed by atoms with Gasteiger partial charge in [0, 0.05) is 23.7 Å². The molecule has 0 aliphatic rings. The minimum atomic E-state index is -4.41. The average Bonchev–Trinajstić information content (AvgIpc) is 2.80. The normalized spacial score (nSPS) is 11.4. The molecule has 2 aromatic carbocycles. The highest BCUT2D eigenvalue weighted by molar-refractivity contribution is 6.29. The van der Waals surface area contributed by atoms with Crippen LogP contribution >= 0.6 is 11.6 Å². The number of carbonyl (C=O) groups is 1. The van der Waals surface area contributed by atoms with Gasteiger partial charge >= 0.3 is 6.18 Å². The van der Waals surface area contributed by atoms with Crippen molar-refractivity contribution in [2.45, 2.75) is 19.3 Å². The second-order valence-corrected chi connectivity index (χ2v) is 7.49. The summed E-state index contributed by atoms with van der Waals surface area (Å²) in [6.45, 7) is 0.175. The highest BCUT2D eigenvalue weighted by Crippen LogP contribution is 2.30. The lowest BCUT2D eigenvalue weighted by atomic mass is 10.1. The highest BCUT2D eigenvalue weighted by Gasteiger charge is 2.30. The Bertz CT molecular complexity index is 1310. The number of alkyl halides is 3. The molecule has 0 fully saturated rings. The fraction of sp³-hybridized carbons (Fsp3) is 0.130. The minimum absolute atomic E-state index is 0.0435. The quantitative estimate of drug-likeness (QED) is 0.376. The number of hydrogen-bond acceptors (Lipinski definition) is 5. The Morgan fingerprint density at radius 1 is 0.970 bits per heavy atom. The number of hydrogen-bond donors (Lipinski definition) is 2. The molecule has 10 heteroatoms. The van der Waals surface area contributed by atoms with Gasteiger partial charge in [0.1, 0.15) is 11.0 Å². The number of nitrogens with zero attached hydrogens (tertiary/aromatic N) is 3. The molecular weight excluding hydrogens is 455 g/mol. The molecule has 2 N–H and O–H groups in total. The number of benzene rings is 2. The largest absolute Gasteiger partial charge is 0.416 e. The number of anilines is 1. The third kappa shape index (κ3) is 5.56. The first-order valence-corrected chi connectivity index (χ1v) is 10.2. The van der Waals surface area contributed by atoms with Crippen molar-refractivity contribution in [2.75, 3.05) is 5.32 Å². The van der Waals surface area contributed by atoms with Crippen LogP contribution in [-0.4, -0.2) is 20.9 Å². The van der Waals surface area contributed by atoms with Crippen LogP contribution in [0.4, 0.5) is 19.0 Å². The molecular formula is C23H17ClF3N5O. The van der Waals surface area contributed by atoms with Crippen LogP contribution in [0.15, 0.2) is 66.9 Å². The van der Waals surface area contributed by atoms with Gasteiger partial charge in [0.2, 0.25) is 0 Å². The fourth-order valence-electron chi connectivity index (χ4n) is 3.19. The van der Waals surface area contributed by atoms with E-state index in [-0.39, 0.29) is 24.1 Å². The molecule has 0 unspecified atom stereocenters. The molecule has 33 heavy (non-hydrogen) atoms. The third-order valence-electron chi connectivity index (χ3n) is 4.76. The van der Waals surface area contributed by atoms with Gasteiger partial charge in [-0.15, -0.1) is 0 Å². The number of carbonyl (C=O) groups excluding carboxylic acids is 1. The van der Waals surface area contributed by atoms with Gasteiger partial charge in [-0.3, -0.25) is 4.79 Å². The maximum Gasteiger partial charge on any atom is 0.416 e. The van der Waals surface area contributed by atoms with Crippen molar-refractivity contribution in [3.05, 3.63) is 94.5 Å². The summed E-state index contributed by atoms with van der Waals surface area (Å²) < 4.78 is 39.0. The van der Waals surface area contributed by atoms with E-state index in [2.05, 4.69) is 25.6 Å². The van der Waals surface area contributed by atoms with Crippen LogP contribution in [0.25, 0.3) is 10.9 Å². The lowest BCUT2D eigenvalue weighted by Crippen LogP contribution is -2.24. The first kappa shape index (κ1) is 22.5. The fourth-order valence-corrected chi connectivity index (χ4v) is 3.36. The molecule has 0 aliphatic carbocycles. The van der Waals surface area contributed by atoms with E-state index in [0.717, 1.165) is 12.1 Å². The van der Waals surface area contributed by atoms with Crippen molar-refractivity contribution in [2.24, 2.45) is 0 Å². The van der Waals surface area contributed by atoms with Gasteiger partial charge < -0.3 is 10.6 Å². The van der Waals surface area contributed by atoms with Crippen LogP contribution in [0, 0.1) is 0 Å². The molecule has 4 rings (SSSR count). The van der Waals surface area contributed by atoms with Gasteiger partial charge in [-0.25, -0.2) is 15.0 Å². The van der Waals surface area contributed by atoms with Gasteiger partial charge in [0.15, 0.2) is 5.82 Å². The van der Waals surface area contributed by atoms with E-state index in [4.69, 9.17) is 11.6 Å². The zero-order valence-corrected chi connectivity index (χ0v) is 17.8. The van der Waals surface area contributed by atoms with Crippen molar-refractivity contribution < 1.29 is 18.0 Å². The van der Waals surface area contributed by atoms with Gasteiger partial charge in [0.05, 0.1) is 17.6 Å². The van der Waals surface area contributed by atoms with E-state index >= 15 is 0 Å². The number of amides is 1. The van der Waals surface area contributed by atoms with Gasteiger partial charge in [-0.05, 0) is 42.0 Å². The molecule has 0 atom stereocenters. The van der Waals surface area contributed by atoms with Crippen LogP contribution in [0.2, 0.25) is 5.15 Å². The van der Waals surface area contributed by atoms with E-state index < -0.39 is 11.7 Å². The molecule has 4 aromatic rings. The number of nitrogens with one attached hydrogen (secondary N) is 2. The maximum atomic E-state index is 13.0. The summed E-state index contributed by atoms with van der Waals surface area (Å²) in [5.74, 6) is 0.428. The van der Waals surface area contributed by atoms with E-state index in [0.29, 0.717) is 33.7 Å². The van der Waals surface area contributed by atoms with Crippen molar-refractivity contribution >= 4 is 34.2 Å². The van der Waals surface area contributed by atoms with E-state index in [9.17, 15) is 18.0 Å². The van der Waals surface area contributed by atoms with E-state index in [1.807, 2.05) is 18.2 Å². The van der Waals surface area contributed by atoms with Crippen LogP contribution in [0.5, 0.6) is 0 Å². The summed E-state index contributed by atoms with van der Waals surface area (Å²) in [7, 11) is 0. The molecule has 0 radical (unpaired) electrons. The average molecular weight is 472 g/mol. The Kier molecular flexibility index (Phi) is 6.41. The molecule has 2 aromatic heterocycles. The third-order valence-corrected chi connectivity index (χ3v) is 4.97. The molecule has 2 heterocycles. The Morgan fingerprint density at radius 3 is 2.58 bits per heavy atom. The summed E-state index contributed by atoms with van der Waals surface area (Å²) in [6.07, 6.45) is -2.98. The molecule has 168 valence electrons. The van der Waals surface area contributed by atoms with Crippen molar-refractivity contribution in [3.8, 4) is 0 Å². The first-order chi connectivity index (χ1) is 15.8. The van der Waals surface area contributed by atoms with Gasteiger partial charge in [-0.1, -0.05) is 35.9 Å². The Labute approximate surface area is 191 Å². The number of rotatable bonds is 6. The summed E-state index contributed by atoms with van der Waals surface area (Å²) in [4.78, 5) is 25.2. The molecule has 0 saturated carbocycles. The van der Waals surface area contributed by atoms with Gasteiger partial charge in [0.25, 0.3) is 5.91 Å². The van der Waals surface area contributed by atoms with Crippen molar-refractivity contribution in [1.82, 2.24) is 20.3 Å². The molecule has 0 spiro atoms. The number of aromatic nitrogens is 3. The Morgan fingerprint density at radius 2 is 1.79 bits per heavy atom. The van der Waals surface area contributed by atoms with Crippen molar-refractivity contribution in [1.29, 1.82) is 0 Å². The summed E-state index contributed by atoms with van der Waals surface area (Å²) in [6, 6.07) is 15.3. The number of halogens is 4. The topological polar surface area (TPSA) is 79.8 Å². The summed E-state index contributed by atoms with van der Waals surface area (Å²) in [5, 5.41) is 6.73. The van der Waals surface area contributed by atoms with Crippen LogP contribution in [0.3, 0.4) is 0 Å². The van der Waals surface area contributed by atoms with Gasteiger partial charge in [-0.2, -0.15) is 13.2 Å². The van der Waals surface area contributed by atoms with Crippen LogP contribution < -0.4 is 10.6 Å².